The highest BCUT2D eigenvalue weighted by Crippen LogP contribution is 2.29. The zero-order valence-corrected chi connectivity index (χ0v) is 12.8. The van der Waals surface area contributed by atoms with Gasteiger partial charge in [0, 0.05) is 10.0 Å². The molecule has 1 aromatic carbocycles. The molecule has 2 aromatic rings. The van der Waals surface area contributed by atoms with E-state index >= 15 is 0 Å². The summed E-state index contributed by atoms with van der Waals surface area (Å²) in [6.07, 6.45) is 0. The van der Waals surface area contributed by atoms with Gasteiger partial charge in [-0.3, -0.25) is 14.3 Å². The molecule has 1 aromatic heterocycles. The summed E-state index contributed by atoms with van der Waals surface area (Å²) in [5.41, 5.74) is 0.955. The molecule has 0 spiro atoms. The molecule has 3 rings (SSSR count). The minimum absolute atomic E-state index is 0.0164. The Labute approximate surface area is 127 Å². The van der Waals surface area contributed by atoms with Gasteiger partial charge in [0.25, 0.3) is 0 Å². The number of nitrogens with zero attached hydrogens (tertiary/aromatic N) is 4. The molecule has 0 radical (unpaired) electrons. The summed E-state index contributed by atoms with van der Waals surface area (Å²) >= 11 is 4.94. The van der Waals surface area contributed by atoms with E-state index in [1.807, 2.05) is 33.7 Å². The second kappa shape index (κ2) is 5.55. The smallest absolute Gasteiger partial charge is 0.317 e. The Morgan fingerprint density at radius 3 is 3.05 bits per heavy atom. The van der Waals surface area contributed by atoms with Crippen LogP contribution in [0.5, 0.6) is 0 Å². The first-order chi connectivity index (χ1) is 9.63. The Morgan fingerprint density at radius 1 is 1.45 bits per heavy atom. The molecule has 1 aliphatic heterocycles. The minimum Gasteiger partial charge on any atom is -0.480 e. The van der Waals surface area contributed by atoms with Gasteiger partial charge in [0.2, 0.25) is 0 Å². The maximum absolute atomic E-state index is 10.8. The summed E-state index contributed by atoms with van der Waals surface area (Å²) in [5.74, 6) is 0.540. The fourth-order valence-corrected chi connectivity index (χ4v) is 3.31. The molecule has 20 heavy (non-hydrogen) atoms. The van der Waals surface area contributed by atoms with Crippen molar-refractivity contribution in [1.29, 1.82) is 0 Å². The van der Waals surface area contributed by atoms with E-state index in [2.05, 4.69) is 26.1 Å². The summed E-state index contributed by atoms with van der Waals surface area (Å²) in [6.45, 7) is 0.506. The van der Waals surface area contributed by atoms with Crippen LogP contribution >= 0.6 is 27.7 Å². The van der Waals surface area contributed by atoms with Crippen LogP contribution in [-0.4, -0.2) is 43.2 Å². The number of hydrogen-bond donors (Lipinski definition) is 1. The third-order valence-electron chi connectivity index (χ3n) is 2.88. The Bertz CT molecular complexity index is 661. The third kappa shape index (κ3) is 2.72. The van der Waals surface area contributed by atoms with E-state index in [0.717, 1.165) is 21.0 Å². The van der Waals surface area contributed by atoms with E-state index in [0.29, 0.717) is 12.5 Å². The fourth-order valence-electron chi connectivity index (χ4n) is 2.04. The molecule has 0 saturated carbocycles. The number of thioether (sulfide) groups is 1. The van der Waals surface area contributed by atoms with E-state index in [1.54, 1.807) is 0 Å². The van der Waals surface area contributed by atoms with Crippen molar-refractivity contribution >= 4 is 33.7 Å². The lowest BCUT2D eigenvalue weighted by Gasteiger charge is -2.26. The quantitative estimate of drug-likeness (QED) is 0.910. The van der Waals surface area contributed by atoms with E-state index in [9.17, 15) is 4.79 Å². The highest BCUT2D eigenvalue weighted by Gasteiger charge is 2.23. The summed E-state index contributed by atoms with van der Waals surface area (Å²) in [5, 5.41) is 18.1. The van der Waals surface area contributed by atoms with Gasteiger partial charge >= 0.3 is 5.97 Å². The number of carbonyl (C=O) groups is 1. The molecule has 0 aliphatic carbocycles. The average molecular weight is 355 g/mol. The number of fused-ring (bicyclic) bond motifs is 1. The molecule has 1 N–H and O–H groups in total. The molecule has 0 bridgehead atoms. The number of aromatic nitrogens is 3. The van der Waals surface area contributed by atoms with Gasteiger partial charge in [-0.2, -0.15) is 0 Å². The van der Waals surface area contributed by atoms with E-state index in [-0.39, 0.29) is 6.54 Å². The van der Waals surface area contributed by atoms with Gasteiger partial charge < -0.3 is 5.11 Å². The standard InChI is InChI=1S/C12H11BrN4O2S/c13-9-3-1-2-8(4-9)11-14-15-12-17(11)6-16(7-20-12)5-10(18)19/h1-4H,5-7H2,(H,18,19). The predicted octanol–water partition coefficient (Wildman–Crippen LogP) is 2.11. The van der Waals surface area contributed by atoms with Crippen LogP contribution in [0.4, 0.5) is 0 Å². The number of carboxylic acid groups (broad SMARTS) is 1. The summed E-state index contributed by atoms with van der Waals surface area (Å²) in [4.78, 5) is 12.7. The first kappa shape index (κ1) is 13.6. The third-order valence-corrected chi connectivity index (χ3v) is 4.42. The van der Waals surface area contributed by atoms with Crippen LogP contribution in [0.25, 0.3) is 11.4 Å². The van der Waals surface area contributed by atoms with Crippen molar-refractivity contribution in [2.75, 3.05) is 12.4 Å². The molecule has 104 valence electrons. The number of hydrogen-bond acceptors (Lipinski definition) is 5. The van der Waals surface area contributed by atoms with Crippen molar-refractivity contribution in [2.45, 2.75) is 11.8 Å². The average Bonchev–Trinajstić information content (AvgIpc) is 2.81. The van der Waals surface area contributed by atoms with Crippen LogP contribution in [0.3, 0.4) is 0 Å². The van der Waals surface area contributed by atoms with Gasteiger partial charge in [-0.1, -0.05) is 39.8 Å². The lowest BCUT2D eigenvalue weighted by Crippen LogP contribution is -2.34. The molecule has 0 saturated heterocycles. The van der Waals surface area contributed by atoms with Gasteiger partial charge in [-0.15, -0.1) is 10.2 Å². The molecule has 1 aliphatic rings. The molecule has 8 heteroatoms. The summed E-state index contributed by atoms with van der Waals surface area (Å²) < 4.78 is 2.91. The minimum atomic E-state index is -0.828. The largest absolute Gasteiger partial charge is 0.480 e. The highest BCUT2D eigenvalue weighted by atomic mass is 79.9. The summed E-state index contributed by atoms with van der Waals surface area (Å²) in [6, 6.07) is 7.81. The molecule has 2 heterocycles. The fraction of sp³-hybridized carbons (Fsp3) is 0.250. The Kier molecular flexibility index (Phi) is 3.77. The lowest BCUT2D eigenvalue weighted by molar-refractivity contribution is -0.138. The topological polar surface area (TPSA) is 71.2 Å². The molecular formula is C12H11BrN4O2S. The predicted molar refractivity (Wildman–Crippen MR) is 78.2 cm³/mol. The van der Waals surface area contributed by atoms with Crippen LogP contribution in [0, 0.1) is 0 Å². The molecule has 0 unspecified atom stereocenters. The normalized spacial score (nSPS) is 15.1. The van der Waals surface area contributed by atoms with Crippen LogP contribution in [-0.2, 0) is 11.5 Å². The number of carboxylic acids is 1. The van der Waals surface area contributed by atoms with Gasteiger partial charge in [-0.05, 0) is 12.1 Å². The second-order valence-corrected chi connectivity index (χ2v) is 6.21. The van der Waals surface area contributed by atoms with Crippen molar-refractivity contribution in [3.8, 4) is 11.4 Å². The second-order valence-electron chi connectivity index (χ2n) is 4.38. The Hall–Kier alpha value is -1.38. The first-order valence-corrected chi connectivity index (χ1v) is 7.67. The number of aliphatic carboxylic acids is 1. The van der Waals surface area contributed by atoms with E-state index in [1.165, 1.54) is 11.8 Å². The molecule has 0 atom stereocenters. The van der Waals surface area contributed by atoms with Crippen molar-refractivity contribution in [3.63, 3.8) is 0 Å². The zero-order chi connectivity index (χ0) is 14.1. The zero-order valence-electron chi connectivity index (χ0n) is 10.4. The lowest BCUT2D eigenvalue weighted by atomic mass is 10.2. The number of benzene rings is 1. The van der Waals surface area contributed by atoms with Crippen LogP contribution in [0.2, 0.25) is 0 Å². The maximum Gasteiger partial charge on any atom is 0.317 e. The van der Waals surface area contributed by atoms with Crippen LogP contribution < -0.4 is 0 Å². The maximum atomic E-state index is 10.8. The first-order valence-electron chi connectivity index (χ1n) is 5.89. The van der Waals surface area contributed by atoms with Gasteiger partial charge in [-0.25, -0.2) is 0 Å². The van der Waals surface area contributed by atoms with Gasteiger partial charge in [0.15, 0.2) is 11.0 Å². The van der Waals surface area contributed by atoms with E-state index in [4.69, 9.17) is 5.11 Å². The summed E-state index contributed by atoms with van der Waals surface area (Å²) in [7, 11) is 0. The molecular weight excluding hydrogens is 344 g/mol. The van der Waals surface area contributed by atoms with Crippen LogP contribution in [0.1, 0.15) is 0 Å². The SMILES string of the molecule is O=C(O)CN1CSc2nnc(-c3cccc(Br)c3)n2C1. The monoisotopic (exact) mass is 354 g/mol. The van der Waals surface area contributed by atoms with Crippen molar-refractivity contribution in [3.05, 3.63) is 28.7 Å². The molecule has 0 amide bonds. The Balaban J connectivity index is 1.93. The molecule has 0 fully saturated rings. The van der Waals surface area contributed by atoms with Gasteiger partial charge in [0.05, 0.1) is 19.1 Å². The molecule has 6 nitrogen and oxygen atoms in total. The van der Waals surface area contributed by atoms with E-state index < -0.39 is 5.97 Å². The van der Waals surface area contributed by atoms with Crippen molar-refractivity contribution < 1.29 is 9.90 Å². The van der Waals surface area contributed by atoms with Gasteiger partial charge in [0.1, 0.15) is 0 Å². The van der Waals surface area contributed by atoms with Crippen molar-refractivity contribution in [1.82, 2.24) is 19.7 Å². The highest BCUT2D eigenvalue weighted by molar-refractivity contribution is 9.10. The van der Waals surface area contributed by atoms with Crippen molar-refractivity contribution in [2.24, 2.45) is 0 Å². The number of rotatable bonds is 3. The Morgan fingerprint density at radius 2 is 2.30 bits per heavy atom. The van der Waals surface area contributed by atoms with Crippen LogP contribution in [0.15, 0.2) is 33.9 Å². The number of halogens is 1.